The van der Waals surface area contributed by atoms with Crippen LogP contribution in [0.15, 0.2) is 11.6 Å². The van der Waals surface area contributed by atoms with Crippen LogP contribution in [0.2, 0.25) is 0 Å². The van der Waals surface area contributed by atoms with Crippen LogP contribution in [0, 0.1) is 5.92 Å². The van der Waals surface area contributed by atoms with Gasteiger partial charge in [0.1, 0.15) is 6.10 Å². The number of carbonyl (C=O) groups excluding carboxylic acids is 1. The van der Waals surface area contributed by atoms with E-state index in [9.17, 15) is 4.79 Å². The van der Waals surface area contributed by atoms with Crippen molar-refractivity contribution in [2.75, 3.05) is 7.11 Å². The van der Waals surface area contributed by atoms with Gasteiger partial charge in [-0.3, -0.25) is 4.79 Å². The zero-order valence-electron chi connectivity index (χ0n) is 13.0. The molecule has 0 saturated heterocycles. The Hall–Kier alpha value is -0.830. The van der Waals surface area contributed by atoms with Gasteiger partial charge in [-0.15, -0.1) is 0 Å². The second kappa shape index (κ2) is 7.09. The molecule has 19 heavy (non-hydrogen) atoms. The number of hydrogen-bond acceptors (Lipinski definition) is 3. The van der Waals surface area contributed by atoms with Crippen molar-refractivity contribution in [3.05, 3.63) is 11.6 Å². The standard InChI is InChI=1S/C16H28O3/c1-12(7-6-8-16(3,4)18-5)9-14-10-13(2)11-15(17)19-14/h10,12,14H,6-9,11H2,1-5H3. The fourth-order valence-corrected chi connectivity index (χ4v) is 2.46. The Bertz CT molecular complexity index is 331. The molecule has 2 unspecified atom stereocenters. The molecule has 1 aliphatic heterocycles. The Kier molecular flexibility index (Phi) is 6.05. The summed E-state index contributed by atoms with van der Waals surface area (Å²) in [5, 5.41) is 0. The quantitative estimate of drug-likeness (QED) is 0.519. The first-order chi connectivity index (χ1) is 8.82. The smallest absolute Gasteiger partial charge is 0.310 e. The minimum atomic E-state index is -0.0854. The summed E-state index contributed by atoms with van der Waals surface area (Å²) in [6.07, 6.45) is 6.80. The van der Waals surface area contributed by atoms with Gasteiger partial charge in [-0.25, -0.2) is 0 Å². The predicted molar refractivity (Wildman–Crippen MR) is 77.0 cm³/mol. The van der Waals surface area contributed by atoms with Gasteiger partial charge in [0, 0.05) is 7.11 Å². The fourth-order valence-electron chi connectivity index (χ4n) is 2.46. The van der Waals surface area contributed by atoms with Gasteiger partial charge in [0.15, 0.2) is 0 Å². The Labute approximate surface area is 117 Å². The molecule has 0 bridgehead atoms. The van der Waals surface area contributed by atoms with Gasteiger partial charge in [0.25, 0.3) is 0 Å². The van der Waals surface area contributed by atoms with Crippen molar-refractivity contribution in [2.45, 2.75) is 71.5 Å². The SMILES string of the molecule is COC(C)(C)CCCC(C)CC1C=C(C)CC(=O)O1. The monoisotopic (exact) mass is 268 g/mol. The van der Waals surface area contributed by atoms with E-state index < -0.39 is 0 Å². The maximum atomic E-state index is 11.4. The van der Waals surface area contributed by atoms with Gasteiger partial charge in [-0.1, -0.05) is 25.3 Å². The number of carbonyl (C=O) groups is 1. The zero-order valence-corrected chi connectivity index (χ0v) is 13.0. The van der Waals surface area contributed by atoms with Crippen molar-refractivity contribution in [3.8, 4) is 0 Å². The Balaban J connectivity index is 2.29. The Morgan fingerprint density at radius 3 is 2.79 bits per heavy atom. The van der Waals surface area contributed by atoms with Crippen molar-refractivity contribution in [3.63, 3.8) is 0 Å². The lowest BCUT2D eigenvalue weighted by atomic mass is 9.92. The third-order valence-corrected chi connectivity index (χ3v) is 3.84. The molecule has 1 heterocycles. The first-order valence-corrected chi connectivity index (χ1v) is 7.24. The number of rotatable bonds is 7. The minimum absolute atomic E-state index is 0.0216. The molecule has 2 atom stereocenters. The molecule has 0 saturated carbocycles. The van der Waals surface area contributed by atoms with Crippen LogP contribution < -0.4 is 0 Å². The van der Waals surface area contributed by atoms with E-state index in [1.165, 1.54) is 0 Å². The van der Waals surface area contributed by atoms with Crippen LogP contribution >= 0.6 is 0 Å². The number of hydrogen-bond donors (Lipinski definition) is 0. The highest BCUT2D eigenvalue weighted by Gasteiger charge is 2.21. The maximum Gasteiger partial charge on any atom is 0.310 e. The molecule has 1 aliphatic rings. The molecule has 0 amide bonds. The molecule has 1 rings (SSSR count). The summed E-state index contributed by atoms with van der Waals surface area (Å²) in [5.41, 5.74) is 1.10. The van der Waals surface area contributed by atoms with E-state index in [1.807, 2.05) is 6.92 Å². The largest absolute Gasteiger partial charge is 0.458 e. The highest BCUT2D eigenvalue weighted by atomic mass is 16.5. The van der Waals surface area contributed by atoms with E-state index in [1.54, 1.807) is 7.11 Å². The normalized spacial score (nSPS) is 21.8. The number of ether oxygens (including phenoxy) is 2. The first kappa shape index (κ1) is 16.2. The number of esters is 1. The van der Waals surface area contributed by atoms with Crippen molar-refractivity contribution < 1.29 is 14.3 Å². The van der Waals surface area contributed by atoms with Crippen molar-refractivity contribution >= 4 is 5.97 Å². The lowest BCUT2D eigenvalue weighted by Gasteiger charge is -2.25. The van der Waals surface area contributed by atoms with Gasteiger partial charge in [0.2, 0.25) is 0 Å². The van der Waals surface area contributed by atoms with E-state index in [0.717, 1.165) is 31.3 Å². The van der Waals surface area contributed by atoms with Crippen LogP contribution in [0.1, 0.15) is 59.8 Å². The van der Waals surface area contributed by atoms with Crippen LogP contribution in [0.3, 0.4) is 0 Å². The topological polar surface area (TPSA) is 35.5 Å². The highest BCUT2D eigenvalue weighted by Crippen LogP contribution is 2.24. The van der Waals surface area contributed by atoms with Gasteiger partial charge in [-0.2, -0.15) is 0 Å². The van der Waals surface area contributed by atoms with Gasteiger partial charge >= 0.3 is 5.97 Å². The molecule has 3 heteroatoms. The van der Waals surface area contributed by atoms with Crippen molar-refractivity contribution in [1.82, 2.24) is 0 Å². The molecular weight excluding hydrogens is 240 g/mol. The Morgan fingerprint density at radius 1 is 1.53 bits per heavy atom. The molecule has 0 fully saturated rings. The highest BCUT2D eigenvalue weighted by molar-refractivity contribution is 5.73. The van der Waals surface area contributed by atoms with E-state index in [4.69, 9.17) is 9.47 Å². The van der Waals surface area contributed by atoms with Gasteiger partial charge in [0.05, 0.1) is 12.0 Å². The minimum Gasteiger partial charge on any atom is -0.458 e. The molecule has 0 spiro atoms. The van der Waals surface area contributed by atoms with E-state index in [2.05, 4.69) is 26.8 Å². The average molecular weight is 268 g/mol. The molecule has 110 valence electrons. The maximum absolute atomic E-state index is 11.4. The van der Waals surface area contributed by atoms with Crippen molar-refractivity contribution in [2.24, 2.45) is 5.92 Å². The summed E-state index contributed by atoms with van der Waals surface area (Å²) in [4.78, 5) is 11.4. The fraction of sp³-hybridized carbons (Fsp3) is 0.812. The van der Waals surface area contributed by atoms with Crippen LogP contribution in [-0.2, 0) is 14.3 Å². The third kappa shape index (κ3) is 6.24. The molecule has 3 nitrogen and oxygen atoms in total. The molecular formula is C16H28O3. The summed E-state index contributed by atoms with van der Waals surface area (Å²) < 4.78 is 10.8. The van der Waals surface area contributed by atoms with E-state index in [0.29, 0.717) is 12.3 Å². The summed E-state index contributed by atoms with van der Waals surface area (Å²) in [7, 11) is 1.76. The number of methoxy groups -OCH3 is 1. The second-order valence-corrected chi connectivity index (χ2v) is 6.42. The molecule has 0 radical (unpaired) electrons. The molecule has 0 aromatic heterocycles. The molecule has 0 aliphatic carbocycles. The van der Waals surface area contributed by atoms with Gasteiger partial charge < -0.3 is 9.47 Å². The third-order valence-electron chi connectivity index (χ3n) is 3.84. The molecule has 0 N–H and O–H groups in total. The van der Waals surface area contributed by atoms with Crippen molar-refractivity contribution in [1.29, 1.82) is 0 Å². The van der Waals surface area contributed by atoms with E-state index in [-0.39, 0.29) is 17.7 Å². The van der Waals surface area contributed by atoms with Crippen LogP contribution in [0.25, 0.3) is 0 Å². The summed E-state index contributed by atoms with van der Waals surface area (Å²) in [6, 6.07) is 0. The predicted octanol–water partition coefficient (Wildman–Crippen LogP) is 3.87. The molecule has 0 aromatic carbocycles. The molecule has 0 aromatic rings. The van der Waals surface area contributed by atoms with Crippen LogP contribution in [0.5, 0.6) is 0 Å². The lowest BCUT2D eigenvalue weighted by molar-refractivity contribution is -0.147. The number of cyclic esters (lactones) is 1. The van der Waals surface area contributed by atoms with E-state index >= 15 is 0 Å². The van der Waals surface area contributed by atoms with Crippen LogP contribution in [0.4, 0.5) is 0 Å². The summed E-state index contributed by atoms with van der Waals surface area (Å²) in [6.45, 7) is 8.46. The zero-order chi connectivity index (χ0) is 14.5. The summed E-state index contributed by atoms with van der Waals surface area (Å²) >= 11 is 0. The van der Waals surface area contributed by atoms with Crippen LogP contribution in [-0.4, -0.2) is 24.8 Å². The summed E-state index contributed by atoms with van der Waals surface area (Å²) in [5.74, 6) is 0.477. The Morgan fingerprint density at radius 2 is 2.21 bits per heavy atom. The second-order valence-electron chi connectivity index (χ2n) is 6.42. The lowest BCUT2D eigenvalue weighted by Crippen LogP contribution is -2.24. The average Bonchev–Trinajstić information content (AvgIpc) is 2.27. The van der Waals surface area contributed by atoms with Gasteiger partial charge in [-0.05, 0) is 45.6 Å². The first-order valence-electron chi connectivity index (χ1n) is 7.24.